The van der Waals surface area contributed by atoms with E-state index in [4.69, 9.17) is 37.7 Å². The number of nitrogens with zero attached hydrogens (tertiary/aromatic N) is 1. The van der Waals surface area contributed by atoms with Gasteiger partial charge in [0.2, 0.25) is 0 Å². The number of hydrogen-bond acceptors (Lipinski definition) is 4. The van der Waals surface area contributed by atoms with Crippen LogP contribution in [0.5, 0.6) is 11.5 Å². The molecule has 2 aromatic carbocycles. The predicted octanol–water partition coefficient (Wildman–Crippen LogP) is 6.18. The molecule has 140 valence electrons. The highest BCUT2D eigenvalue weighted by Crippen LogP contribution is 2.41. The molecule has 0 fully saturated rings. The van der Waals surface area contributed by atoms with Crippen molar-refractivity contribution in [2.24, 2.45) is 0 Å². The summed E-state index contributed by atoms with van der Waals surface area (Å²) in [5.74, 6) is 1.24. The normalized spacial score (nSPS) is 13.3. The highest BCUT2D eigenvalue weighted by Gasteiger charge is 2.20. The first-order valence-corrected chi connectivity index (χ1v) is 9.66. The third-order valence-corrected chi connectivity index (χ3v) is 5.49. The van der Waals surface area contributed by atoms with E-state index in [2.05, 4.69) is 5.32 Å². The molecule has 4 nitrogen and oxygen atoms in total. The van der Waals surface area contributed by atoms with Crippen LogP contribution in [-0.2, 0) is 12.8 Å². The number of fused-ring (bicyclic) bond motifs is 2. The van der Waals surface area contributed by atoms with E-state index in [1.54, 1.807) is 20.3 Å². The molecule has 0 spiro atoms. The Kier molecular flexibility index (Phi) is 5.02. The van der Waals surface area contributed by atoms with Crippen molar-refractivity contribution in [2.75, 3.05) is 19.5 Å². The minimum Gasteiger partial charge on any atom is -0.495 e. The quantitative estimate of drug-likeness (QED) is 0.565. The van der Waals surface area contributed by atoms with Gasteiger partial charge in [0.15, 0.2) is 0 Å². The maximum Gasteiger partial charge on any atom is 0.146 e. The van der Waals surface area contributed by atoms with Gasteiger partial charge in [0.25, 0.3) is 0 Å². The van der Waals surface area contributed by atoms with Gasteiger partial charge in [-0.3, -0.25) is 4.98 Å². The summed E-state index contributed by atoms with van der Waals surface area (Å²) in [7, 11) is 3.22. The monoisotopic (exact) mass is 402 g/mol. The first kappa shape index (κ1) is 18.2. The van der Waals surface area contributed by atoms with Crippen molar-refractivity contribution in [1.29, 1.82) is 0 Å². The van der Waals surface area contributed by atoms with Gasteiger partial charge in [-0.15, -0.1) is 0 Å². The van der Waals surface area contributed by atoms with E-state index in [-0.39, 0.29) is 0 Å². The van der Waals surface area contributed by atoms with Crippen molar-refractivity contribution in [1.82, 2.24) is 4.98 Å². The fourth-order valence-corrected chi connectivity index (χ4v) is 4.04. The van der Waals surface area contributed by atoms with Crippen molar-refractivity contribution in [3.8, 4) is 11.5 Å². The molecule has 0 unspecified atom stereocenters. The van der Waals surface area contributed by atoms with Crippen molar-refractivity contribution < 1.29 is 9.47 Å². The number of aryl methyl sites for hydroxylation is 1. The van der Waals surface area contributed by atoms with E-state index in [1.165, 1.54) is 5.56 Å². The number of aromatic nitrogens is 1. The fraction of sp³-hybridized carbons (Fsp3) is 0.286. The van der Waals surface area contributed by atoms with Gasteiger partial charge in [0, 0.05) is 22.2 Å². The molecule has 27 heavy (non-hydrogen) atoms. The van der Waals surface area contributed by atoms with Crippen molar-refractivity contribution in [2.45, 2.75) is 25.7 Å². The van der Waals surface area contributed by atoms with Gasteiger partial charge in [-0.2, -0.15) is 0 Å². The molecular formula is C21H20Cl2N2O2. The van der Waals surface area contributed by atoms with Crippen LogP contribution in [0.25, 0.3) is 10.9 Å². The topological polar surface area (TPSA) is 43.4 Å². The number of nitrogens with one attached hydrogen (secondary N) is 1. The molecule has 0 aliphatic heterocycles. The summed E-state index contributed by atoms with van der Waals surface area (Å²) in [6, 6.07) is 9.44. The van der Waals surface area contributed by atoms with Crippen LogP contribution in [0, 0.1) is 0 Å². The van der Waals surface area contributed by atoms with E-state index >= 15 is 0 Å². The number of halogens is 2. The zero-order valence-corrected chi connectivity index (χ0v) is 16.7. The molecule has 1 heterocycles. The molecule has 0 radical (unpaired) electrons. The lowest BCUT2D eigenvalue weighted by atomic mass is 9.92. The molecule has 1 aromatic heterocycles. The van der Waals surface area contributed by atoms with Crippen LogP contribution in [0.15, 0.2) is 30.3 Å². The van der Waals surface area contributed by atoms with Crippen LogP contribution in [0.1, 0.15) is 24.1 Å². The second-order valence-electron chi connectivity index (χ2n) is 6.59. The Labute approximate surface area is 168 Å². The Morgan fingerprint density at radius 3 is 2.52 bits per heavy atom. The van der Waals surface area contributed by atoms with Gasteiger partial charge < -0.3 is 14.8 Å². The van der Waals surface area contributed by atoms with E-state index < -0.39 is 0 Å². The summed E-state index contributed by atoms with van der Waals surface area (Å²) in [5.41, 5.74) is 5.12. The molecule has 6 heteroatoms. The highest BCUT2D eigenvalue weighted by molar-refractivity contribution is 6.32. The number of benzene rings is 2. The summed E-state index contributed by atoms with van der Waals surface area (Å²) in [6.45, 7) is 0. The van der Waals surface area contributed by atoms with E-state index in [9.17, 15) is 0 Å². The molecule has 1 aliphatic rings. The number of methoxy groups -OCH3 is 2. The standard InChI is InChI=1S/C21H20Cl2N2O2/c1-26-19-11-20(27-2)18(10-15(19)23)25-21-13-5-3-4-6-16(13)24-17-9-12(22)7-8-14(17)21/h7-11H,3-6H2,1-2H3,(H,24,25). The fourth-order valence-electron chi connectivity index (χ4n) is 3.63. The Balaban J connectivity index is 1.90. The second-order valence-corrected chi connectivity index (χ2v) is 7.44. The molecule has 0 saturated carbocycles. The Bertz CT molecular complexity index is 1020. The molecule has 0 saturated heterocycles. The number of anilines is 2. The summed E-state index contributed by atoms with van der Waals surface area (Å²) >= 11 is 12.6. The molecule has 0 atom stereocenters. The lowest BCUT2D eigenvalue weighted by Crippen LogP contribution is -2.10. The first-order valence-electron chi connectivity index (χ1n) is 8.90. The van der Waals surface area contributed by atoms with E-state index in [0.717, 1.165) is 53.7 Å². The van der Waals surface area contributed by atoms with E-state index in [1.807, 2.05) is 24.3 Å². The van der Waals surface area contributed by atoms with Crippen LogP contribution >= 0.6 is 23.2 Å². The Morgan fingerprint density at radius 1 is 0.963 bits per heavy atom. The van der Waals surface area contributed by atoms with Crippen LogP contribution in [-0.4, -0.2) is 19.2 Å². The van der Waals surface area contributed by atoms with Crippen molar-refractivity contribution >= 4 is 45.5 Å². The largest absolute Gasteiger partial charge is 0.495 e. The Morgan fingerprint density at radius 2 is 1.74 bits per heavy atom. The third kappa shape index (κ3) is 3.40. The molecule has 0 amide bonds. The lowest BCUT2D eigenvalue weighted by Gasteiger charge is -2.23. The summed E-state index contributed by atoms with van der Waals surface area (Å²) in [4.78, 5) is 4.86. The number of ether oxygens (including phenoxy) is 2. The average Bonchev–Trinajstić information content (AvgIpc) is 2.67. The van der Waals surface area contributed by atoms with Crippen molar-refractivity contribution in [3.63, 3.8) is 0 Å². The summed E-state index contributed by atoms with van der Waals surface area (Å²) < 4.78 is 10.9. The average molecular weight is 403 g/mol. The van der Waals surface area contributed by atoms with Gasteiger partial charge in [0.1, 0.15) is 11.5 Å². The van der Waals surface area contributed by atoms with E-state index in [0.29, 0.717) is 21.5 Å². The number of rotatable bonds is 4. The zero-order valence-electron chi connectivity index (χ0n) is 15.2. The van der Waals surface area contributed by atoms with Gasteiger partial charge in [-0.25, -0.2) is 0 Å². The van der Waals surface area contributed by atoms with Crippen LogP contribution in [0.2, 0.25) is 10.0 Å². The number of pyridine rings is 1. The van der Waals surface area contributed by atoms with Gasteiger partial charge in [0.05, 0.1) is 36.1 Å². The lowest BCUT2D eigenvalue weighted by molar-refractivity contribution is 0.396. The number of hydrogen-bond donors (Lipinski definition) is 1. The SMILES string of the molecule is COc1cc(OC)c(Nc2c3c(nc4cc(Cl)ccc24)CCCC3)cc1Cl. The molecule has 4 rings (SSSR count). The summed E-state index contributed by atoms with van der Waals surface area (Å²) in [5, 5.41) is 5.80. The minimum absolute atomic E-state index is 0.524. The molecular weight excluding hydrogens is 383 g/mol. The van der Waals surface area contributed by atoms with Crippen LogP contribution < -0.4 is 14.8 Å². The maximum atomic E-state index is 6.36. The highest BCUT2D eigenvalue weighted by atomic mass is 35.5. The summed E-state index contributed by atoms with van der Waals surface area (Å²) in [6.07, 6.45) is 4.29. The first-order chi connectivity index (χ1) is 13.1. The van der Waals surface area contributed by atoms with Crippen molar-refractivity contribution in [3.05, 3.63) is 51.6 Å². The predicted molar refractivity (Wildman–Crippen MR) is 111 cm³/mol. The molecule has 1 N–H and O–H groups in total. The van der Waals surface area contributed by atoms with Crippen LogP contribution in [0.3, 0.4) is 0 Å². The third-order valence-electron chi connectivity index (χ3n) is 4.96. The smallest absolute Gasteiger partial charge is 0.146 e. The van der Waals surface area contributed by atoms with Gasteiger partial charge >= 0.3 is 0 Å². The molecule has 0 bridgehead atoms. The van der Waals surface area contributed by atoms with Crippen LogP contribution in [0.4, 0.5) is 11.4 Å². The van der Waals surface area contributed by atoms with Gasteiger partial charge in [-0.1, -0.05) is 23.2 Å². The van der Waals surface area contributed by atoms with Gasteiger partial charge in [-0.05, 0) is 55.5 Å². The second kappa shape index (κ2) is 7.45. The Hall–Kier alpha value is -2.17. The maximum absolute atomic E-state index is 6.36. The molecule has 1 aliphatic carbocycles. The minimum atomic E-state index is 0.524. The zero-order chi connectivity index (χ0) is 19.0. The molecule has 3 aromatic rings.